The zero-order valence-corrected chi connectivity index (χ0v) is 13.4. The highest BCUT2D eigenvalue weighted by atomic mass is 16.5. The first-order valence-electron chi connectivity index (χ1n) is 7.81. The van der Waals surface area contributed by atoms with Crippen LogP contribution in [0.1, 0.15) is 12.0 Å². The van der Waals surface area contributed by atoms with Gasteiger partial charge in [-0.2, -0.15) is 0 Å². The van der Waals surface area contributed by atoms with E-state index in [1.54, 1.807) is 11.9 Å². The van der Waals surface area contributed by atoms with Gasteiger partial charge >= 0.3 is 5.69 Å². The van der Waals surface area contributed by atoms with Gasteiger partial charge in [0.2, 0.25) is 5.91 Å². The molecule has 126 valence electrons. The van der Waals surface area contributed by atoms with Gasteiger partial charge in [-0.15, -0.1) is 0 Å². The van der Waals surface area contributed by atoms with Crippen LogP contribution < -0.4 is 16.0 Å². The lowest BCUT2D eigenvalue weighted by Gasteiger charge is -2.21. The third-order valence-electron chi connectivity index (χ3n) is 4.08. The average Bonchev–Trinajstić information content (AvgIpc) is 2.95. The summed E-state index contributed by atoms with van der Waals surface area (Å²) in [6.45, 7) is 0.721. The van der Waals surface area contributed by atoms with Crippen molar-refractivity contribution in [2.75, 3.05) is 13.6 Å². The van der Waals surface area contributed by atoms with E-state index in [1.807, 2.05) is 24.3 Å². The number of H-pyrrole nitrogens is 1. The summed E-state index contributed by atoms with van der Waals surface area (Å²) in [6, 6.07) is 9.12. The predicted octanol–water partition coefficient (Wildman–Crippen LogP) is 0.389. The number of benzene rings is 1. The molecule has 0 saturated heterocycles. The molecule has 0 unspecified atom stereocenters. The fraction of sp³-hybridized carbons (Fsp3) is 0.353. The summed E-state index contributed by atoms with van der Waals surface area (Å²) < 4.78 is 7.15. The SMILES string of the molecule is CN(C[C@@H]1Cc2ccccc2O1)C(=O)CCn1ccc(=O)[nH]c1=O. The number of carbonyl (C=O) groups excluding carboxylic acids is 1. The van der Waals surface area contributed by atoms with Crippen molar-refractivity contribution in [2.24, 2.45) is 0 Å². The van der Waals surface area contributed by atoms with E-state index in [-0.39, 0.29) is 25.0 Å². The smallest absolute Gasteiger partial charge is 0.328 e. The van der Waals surface area contributed by atoms with Gasteiger partial charge in [-0.25, -0.2) is 4.79 Å². The van der Waals surface area contributed by atoms with E-state index in [2.05, 4.69) is 4.98 Å². The Kier molecular flexibility index (Phi) is 4.50. The first-order valence-corrected chi connectivity index (χ1v) is 7.81. The van der Waals surface area contributed by atoms with Crippen molar-refractivity contribution in [1.29, 1.82) is 0 Å². The van der Waals surface area contributed by atoms with Crippen molar-refractivity contribution >= 4 is 5.91 Å². The van der Waals surface area contributed by atoms with E-state index in [1.165, 1.54) is 16.8 Å². The first-order chi connectivity index (χ1) is 11.5. The van der Waals surface area contributed by atoms with E-state index >= 15 is 0 Å². The number of nitrogens with one attached hydrogen (secondary N) is 1. The van der Waals surface area contributed by atoms with Crippen molar-refractivity contribution < 1.29 is 9.53 Å². The maximum absolute atomic E-state index is 12.2. The lowest BCUT2D eigenvalue weighted by Crippen LogP contribution is -2.37. The average molecular weight is 329 g/mol. The molecule has 0 saturated carbocycles. The Morgan fingerprint density at radius 2 is 2.12 bits per heavy atom. The monoisotopic (exact) mass is 329 g/mol. The Labute approximate surface area is 138 Å². The maximum atomic E-state index is 12.2. The van der Waals surface area contributed by atoms with E-state index in [4.69, 9.17) is 4.74 Å². The maximum Gasteiger partial charge on any atom is 0.328 e. The van der Waals surface area contributed by atoms with Gasteiger partial charge < -0.3 is 14.2 Å². The normalized spacial score (nSPS) is 15.6. The van der Waals surface area contributed by atoms with E-state index in [9.17, 15) is 14.4 Å². The predicted molar refractivity (Wildman–Crippen MR) is 88.1 cm³/mol. The van der Waals surface area contributed by atoms with Gasteiger partial charge in [-0.05, 0) is 11.6 Å². The molecule has 24 heavy (non-hydrogen) atoms. The highest BCUT2D eigenvalue weighted by molar-refractivity contribution is 5.75. The molecule has 3 rings (SSSR count). The molecule has 1 amide bonds. The zero-order chi connectivity index (χ0) is 17.1. The number of aryl methyl sites for hydroxylation is 1. The quantitative estimate of drug-likeness (QED) is 0.860. The summed E-state index contributed by atoms with van der Waals surface area (Å²) in [5, 5.41) is 0. The van der Waals surface area contributed by atoms with Crippen LogP contribution in [0, 0.1) is 0 Å². The third-order valence-corrected chi connectivity index (χ3v) is 4.08. The third kappa shape index (κ3) is 3.56. The van der Waals surface area contributed by atoms with Crippen molar-refractivity contribution in [3.8, 4) is 5.75 Å². The van der Waals surface area contributed by atoms with Crippen LogP contribution in [-0.2, 0) is 17.8 Å². The summed E-state index contributed by atoms with van der Waals surface area (Å²) in [5.41, 5.74) is 0.202. The zero-order valence-electron chi connectivity index (χ0n) is 13.4. The van der Waals surface area contributed by atoms with Gasteiger partial charge in [0.25, 0.3) is 5.56 Å². The fourth-order valence-electron chi connectivity index (χ4n) is 2.79. The Morgan fingerprint density at radius 3 is 2.88 bits per heavy atom. The van der Waals surface area contributed by atoms with Crippen LogP contribution in [0.3, 0.4) is 0 Å². The number of fused-ring (bicyclic) bond motifs is 1. The van der Waals surface area contributed by atoms with Crippen LogP contribution in [0.5, 0.6) is 5.75 Å². The molecule has 1 aliphatic rings. The molecule has 0 bridgehead atoms. The number of nitrogens with zero attached hydrogens (tertiary/aromatic N) is 2. The van der Waals surface area contributed by atoms with Crippen molar-refractivity contribution in [3.05, 3.63) is 62.9 Å². The number of carbonyl (C=O) groups is 1. The van der Waals surface area contributed by atoms with Crippen LogP contribution >= 0.6 is 0 Å². The molecule has 0 aliphatic carbocycles. The Hall–Kier alpha value is -2.83. The van der Waals surface area contributed by atoms with Crippen molar-refractivity contribution in [2.45, 2.75) is 25.5 Å². The molecule has 1 aromatic carbocycles. The number of para-hydroxylation sites is 1. The number of hydrogen-bond donors (Lipinski definition) is 1. The molecule has 1 aliphatic heterocycles. The number of aromatic amines is 1. The van der Waals surface area contributed by atoms with E-state index < -0.39 is 11.2 Å². The second kappa shape index (κ2) is 6.74. The van der Waals surface area contributed by atoms with Gasteiger partial charge in [0.1, 0.15) is 11.9 Å². The number of amides is 1. The molecule has 2 aromatic rings. The van der Waals surface area contributed by atoms with Crippen LogP contribution in [0.2, 0.25) is 0 Å². The number of hydrogen-bond acceptors (Lipinski definition) is 4. The summed E-state index contributed by atoms with van der Waals surface area (Å²) in [6.07, 6.45) is 2.31. The lowest BCUT2D eigenvalue weighted by atomic mass is 10.1. The Balaban J connectivity index is 1.52. The van der Waals surface area contributed by atoms with Crippen LogP contribution in [-0.4, -0.2) is 40.1 Å². The van der Waals surface area contributed by atoms with Crippen molar-refractivity contribution in [1.82, 2.24) is 14.5 Å². The molecule has 1 atom stereocenters. The van der Waals surface area contributed by atoms with Crippen LogP contribution in [0.25, 0.3) is 0 Å². The van der Waals surface area contributed by atoms with Crippen LogP contribution in [0.4, 0.5) is 0 Å². The van der Waals surface area contributed by atoms with Gasteiger partial charge in [-0.1, -0.05) is 18.2 Å². The molecule has 7 nitrogen and oxygen atoms in total. The number of rotatable bonds is 5. The highest BCUT2D eigenvalue weighted by Crippen LogP contribution is 2.28. The Bertz CT molecular complexity index is 830. The molecular formula is C17H19N3O4. The molecule has 0 spiro atoms. The first kappa shape index (κ1) is 16.0. The molecule has 1 N–H and O–H groups in total. The molecule has 0 radical (unpaired) electrons. The molecular weight excluding hydrogens is 310 g/mol. The lowest BCUT2D eigenvalue weighted by molar-refractivity contribution is -0.131. The summed E-state index contributed by atoms with van der Waals surface area (Å²) >= 11 is 0. The molecule has 1 aromatic heterocycles. The van der Waals surface area contributed by atoms with Gasteiger partial charge in [0, 0.05) is 38.7 Å². The summed E-state index contributed by atoms with van der Waals surface area (Å²) in [5.74, 6) is 0.802. The van der Waals surface area contributed by atoms with E-state index in [0.29, 0.717) is 6.54 Å². The molecule has 0 fully saturated rings. The van der Waals surface area contributed by atoms with Gasteiger partial charge in [-0.3, -0.25) is 14.6 Å². The second-order valence-corrected chi connectivity index (χ2v) is 5.88. The van der Waals surface area contributed by atoms with Gasteiger partial charge in [0.05, 0.1) is 6.54 Å². The summed E-state index contributed by atoms with van der Waals surface area (Å²) in [4.78, 5) is 38.6. The van der Waals surface area contributed by atoms with Gasteiger partial charge in [0.15, 0.2) is 0 Å². The standard InChI is InChI=1S/C17H19N3O4/c1-19(11-13-10-12-4-2-3-5-14(12)24-13)16(22)7-9-20-8-6-15(21)18-17(20)23/h2-6,8,13H,7,9-11H2,1H3,(H,18,21,23)/t13-/m0/s1. The minimum Gasteiger partial charge on any atom is -0.488 e. The number of likely N-dealkylation sites (N-methyl/N-ethyl adjacent to an activating group) is 1. The van der Waals surface area contributed by atoms with Crippen LogP contribution in [0.15, 0.2) is 46.1 Å². The minimum absolute atomic E-state index is 0.0489. The summed E-state index contributed by atoms with van der Waals surface area (Å²) in [7, 11) is 1.73. The highest BCUT2D eigenvalue weighted by Gasteiger charge is 2.24. The molecule has 2 heterocycles. The fourth-order valence-corrected chi connectivity index (χ4v) is 2.79. The Morgan fingerprint density at radius 1 is 1.33 bits per heavy atom. The topological polar surface area (TPSA) is 84.4 Å². The van der Waals surface area contributed by atoms with Crippen molar-refractivity contribution in [3.63, 3.8) is 0 Å². The van der Waals surface area contributed by atoms with E-state index in [0.717, 1.165) is 17.7 Å². The molecule has 7 heteroatoms. The largest absolute Gasteiger partial charge is 0.488 e. The number of aromatic nitrogens is 2. The minimum atomic E-state index is -0.507. The second-order valence-electron chi connectivity index (χ2n) is 5.88. The number of ether oxygens (including phenoxy) is 1.